The summed E-state index contributed by atoms with van der Waals surface area (Å²) in [5, 5.41) is 4.29. The molecule has 1 aromatic carbocycles. The van der Waals surface area contributed by atoms with E-state index in [0.29, 0.717) is 12.2 Å². The first-order valence-electron chi connectivity index (χ1n) is 9.51. The third kappa shape index (κ3) is 4.09. The van der Waals surface area contributed by atoms with Crippen LogP contribution in [0.3, 0.4) is 0 Å². The van der Waals surface area contributed by atoms with Gasteiger partial charge in [-0.25, -0.2) is 0 Å². The summed E-state index contributed by atoms with van der Waals surface area (Å²) < 4.78 is 7.41. The number of hydrogen-bond donors (Lipinski definition) is 1. The number of aromatic amines is 1. The normalized spacial score (nSPS) is 15.0. The zero-order valence-electron chi connectivity index (χ0n) is 16.0. The second-order valence-electron chi connectivity index (χ2n) is 7.00. The van der Waals surface area contributed by atoms with Crippen LogP contribution < -0.4 is 4.74 Å². The monoisotopic (exact) mass is 379 g/mol. The molecule has 1 amide bonds. The van der Waals surface area contributed by atoms with Crippen LogP contribution in [-0.4, -0.2) is 63.8 Å². The van der Waals surface area contributed by atoms with Gasteiger partial charge >= 0.3 is 0 Å². The van der Waals surface area contributed by atoms with E-state index in [1.807, 2.05) is 40.0 Å². The topological polar surface area (TPSA) is 66.4 Å². The van der Waals surface area contributed by atoms with Gasteiger partial charge in [0.2, 0.25) is 0 Å². The Hall–Kier alpha value is -3.06. The number of carbonyl (C=O) groups excluding carboxylic acids is 1. The molecule has 0 unspecified atom stereocenters. The molecule has 0 atom stereocenters. The highest BCUT2D eigenvalue weighted by Gasteiger charge is 2.22. The van der Waals surface area contributed by atoms with Crippen LogP contribution in [0, 0.1) is 0 Å². The first-order valence-corrected chi connectivity index (χ1v) is 9.51. The van der Waals surface area contributed by atoms with Crippen LogP contribution in [-0.2, 0) is 13.1 Å². The van der Waals surface area contributed by atoms with E-state index in [0.717, 1.165) is 44.0 Å². The van der Waals surface area contributed by atoms with Crippen LogP contribution in [0.15, 0.2) is 55.0 Å². The first kappa shape index (κ1) is 18.3. The number of ether oxygens (including phenoxy) is 1. The van der Waals surface area contributed by atoms with Gasteiger partial charge in [0.1, 0.15) is 11.4 Å². The van der Waals surface area contributed by atoms with Gasteiger partial charge < -0.3 is 14.6 Å². The first-order chi connectivity index (χ1) is 13.7. The van der Waals surface area contributed by atoms with Crippen LogP contribution in [0.1, 0.15) is 21.6 Å². The minimum absolute atomic E-state index is 0.0793. The van der Waals surface area contributed by atoms with Gasteiger partial charge in [-0.3, -0.25) is 14.4 Å². The molecule has 146 valence electrons. The van der Waals surface area contributed by atoms with Gasteiger partial charge in [0.25, 0.3) is 5.91 Å². The maximum absolute atomic E-state index is 12.4. The van der Waals surface area contributed by atoms with E-state index in [9.17, 15) is 4.79 Å². The summed E-state index contributed by atoms with van der Waals surface area (Å²) in [6.07, 6.45) is 5.52. The number of nitrogens with zero attached hydrogens (tertiary/aromatic N) is 4. The highest BCUT2D eigenvalue weighted by Crippen LogP contribution is 2.22. The Kier molecular flexibility index (Phi) is 5.43. The molecule has 1 saturated heterocycles. The fourth-order valence-electron chi connectivity index (χ4n) is 3.62. The number of hydrogen-bond acceptors (Lipinski definition) is 4. The van der Waals surface area contributed by atoms with Gasteiger partial charge in [0.15, 0.2) is 0 Å². The maximum atomic E-state index is 12.4. The second kappa shape index (κ2) is 8.31. The molecule has 7 nitrogen and oxygen atoms in total. The van der Waals surface area contributed by atoms with Crippen LogP contribution in [0.25, 0.3) is 0 Å². The number of H-pyrrole nitrogens is 1. The molecule has 1 aliphatic rings. The van der Waals surface area contributed by atoms with Crippen molar-refractivity contribution in [1.82, 2.24) is 24.6 Å². The molecule has 2 aromatic heterocycles. The maximum Gasteiger partial charge on any atom is 0.270 e. The van der Waals surface area contributed by atoms with E-state index in [4.69, 9.17) is 4.74 Å². The number of carbonyl (C=O) groups is 1. The highest BCUT2D eigenvalue weighted by molar-refractivity contribution is 5.92. The van der Waals surface area contributed by atoms with Crippen molar-refractivity contribution in [1.29, 1.82) is 0 Å². The van der Waals surface area contributed by atoms with Gasteiger partial charge in [-0.2, -0.15) is 5.10 Å². The lowest BCUT2D eigenvalue weighted by molar-refractivity contribution is 0.0623. The molecule has 0 radical (unpaired) electrons. The van der Waals surface area contributed by atoms with Gasteiger partial charge in [-0.05, 0) is 35.9 Å². The predicted octanol–water partition coefficient (Wildman–Crippen LogP) is 2.23. The number of aromatic nitrogens is 3. The smallest absolute Gasteiger partial charge is 0.270 e. The van der Waals surface area contributed by atoms with E-state index in [1.54, 1.807) is 19.5 Å². The van der Waals surface area contributed by atoms with E-state index in [1.165, 1.54) is 5.56 Å². The molecule has 1 aliphatic heterocycles. The molecule has 3 heterocycles. The Labute approximate surface area is 164 Å². The zero-order chi connectivity index (χ0) is 19.3. The molecule has 28 heavy (non-hydrogen) atoms. The average molecular weight is 379 g/mol. The van der Waals surface area contributed by atoms with Crippen molar-refractivity contribution in [3.8, 4) is 5.75 Å². The van der Waals surface area contributed by atoms with Gasteiger partial charge in [0, 0.05) is 56.9 Å². The summed E-state index contributed by atoms with van der Waals surface area (Å²) in [4.78, 5) is 19.7. The Bertz CT molecular complexity index is 897. The number of amides is 1. The molecule has 7 heteroatoms. The Balaban J connectivity index is 1.37. The zero-order valence-corrected chi connectivity index (χ0v) is 16.0. The van der Waals surface area contributed by atoms with Crippen LogP contribution >= 0.6 is 0 Å². The van der Waals surface area contributed by atoms with Crippen LogP contribution in [0.4, 0.5) is 0 Å². The predicted molar refractivity (Wildman–Crippen MR) is 106 cm³/mol. The lowest BCUT2D eigenvalue weighted by atomic mass is 10.1. The summed E-state index contributed by atoms with van der Waals surface area (Å²) in [6.45, 7) is 4.77. The third-order valence-corrected chi connectivity index (χ3v) is 5.13. The lowest BCUT2D eigenvalue weighted by Gasteiger charge is -2.34. The summed E-state index contributed by atoms with van der Waals surface area (Å²) in [7, 11) is 1.70. The number of piperazine rings is 1. The average Bonchev–Trinajstić information content (AvgIpc) is 3.43. The molecule has 1 N–H and O–H groups in total. The summed E-state index contributed by atoms with van der Waals surface area (Å²) in [6, 6.07) is 11.9. The van der Waals surface area contributed by atoms with E-state index in [-0.39, 0.29) is 5.91 Å². The summed E-state index contributed by atoms with van der Waals surface area (Å²) >= 11 is 0. The molecule has 0 spiro atoms. The van der Waals surface area contributed by atoms with E-state index in [2.05, 4.69) is 27.1 Å². The van der Waals surface area contributed by atoms with Gasteiger partial charge in [0.05, 0.1) is 13.7 Å². The summed E-state index contributed by atoms with van der Waals surface area (Å²) in [5.41, 5.74) is 3.02. The number of methoxy groups -OCH3 is 1. The standard InChI is InChI=1S/C21H25N5O2/c1-28-20-6-5-17(14-18(20)16-26-9-3-8-23-26)15-24-10-12-25(13-11-24)21(27)19-4-2-7-22-19/h2-9,14,22H,10-13,15-16H2,1H3. The fraction of sp³-hybridized carbons (Fsp3) is 0.333. The number of rotatable bonds is 6. The minimum atomic E-state index is 0.0793. The quantitative estimate of drug-likeness (QED) is 0.713. The Morgan fingerprint density at radius 3 is 2.68 bits per heavy atom. The summed E-state index contributed by atoms with van der Waals surface area (Å²) in [5.74, 6) is 0.955. The van der Waals surface area contributed by atoms with Crippen molar-refractivity contribution in [3.05, 3.63) is 71.8 Å². The van der Waals surface area contributed by atoms with Crippen molar-refractivity contribution >= 4 is 5.91 Å². The highest BCUT2D eigenvalue weighted by atomic mass is 16.5. The Morgan fingerprint density at radius 1 is 1.14 bits per heavy atom. The van der Waals surface area contributed by atoms with Gasteiger partial charge in [-0.15, -0.1) is 0 Å². The minimum Gasteiger partial charge on any atom is -0.496 e. The van der Waals surface area contributed by atoms with E-state index < -0.39 is 0 Å². The van der Waals surface area contributed by atoms with Crippen LogP contribution in [0.5, 0.6) is 5.75 Å². The molecular weight excluding hydrogens is 354 g/mol. The van der Waals surface area contributed by atoms with E-state index >= 15 is 0 Å². The third-order valence-electron chi connectivity index (χ3n) is 5.13. The lowest BCUT2D eigenvalue weighted by Crippen LogP contribution is -2.48. The van der Waals surface area contributed by atoms with Crippen molar-refractivity contribution in [2.45, 2.75) is 13.1 Å². The molecule has 1 fully saturated rings. The second-order valence-corrected chi connectivity index (χ2v) is 7.00. The van der Waals surface area contributed by atoms with Crippen molar-refractivity contribution in [3.63, 3.8) is 0 Å². The van der Waals surface area contributed by atoms with Gasteiger partial charge in [-0.1, -0.05) is 6.07 Å². The van der Waals surface area contributed by atoms with Crippen LogP contribution in [0.2, 0.25) is 0 Å². The van der Waals surface area contributed by atoms with Crippen molar-refractivity contribution < 1.29 is 9.53 Å². The fourth-order valence-corrected chi connectivity index (χ4v) is 3.62. The molecular formula is C21H25N5O2. The van der Waals surface area contributed by atoms with Crippen molar-refractivity contribution in [2.75, 3.05) is 33.3 Å². The SMILES string of the molecule is COc1ccc(CN2CCN(C(=O)c3ccc[nH]3)CC2)cc1Cn1cccn1. The molecule has 0 aliphatic carbocycles. The number of nitrogens with one attached hydrogen (secondary N) is 1. The molecule has 3 aromatic rings. The molecule has 0 saturated carbocycles. The van der Waals surface area contributed by atoms with Crippen molar-refractivity contribution in [2.24, 2.45) is 0 Å². The Morgan fingerprint density at radius 2 is 2.00 bits per heavy atom. The largest absolute Gasteiger partial charge is 0.496 e. The molecule has 4 rings (SSSR count). The molecule has 0 bridgehead atoms. The number of benzene rings is 1.